The Bertz CT molecular complexity index is 592. The van der Waals surface area contributed by atoms with E-state index in [-0.39, 0.29) is 5.91 Å². The zero-order valence-electron chi connectivity index (χ0n) is 10.9. The van der Waals surface area contributed by atoms with Gasteiger partial charge < -0.3 is 15.8 Å². The molecule has 2 rings (SSSR count). The largest absolute Gasteiger partial charge is 0.492 e. The predicted molar refractivity (Wildman–Crippen MR) is 72.5 cm³/mol. The summed E-state index contributed by atoms with van der Waals surface area (Å²) in [5.41, 5.74) is 7.53. The van der Waals surface area contributed by atoms with Gasteiger partial charge in [0.15, 0.2) is 5.69 Å². The number of carbonyl (C=O) groups excluding carboxylic acids is 1. The summed E-state index contributed by atoms with van der Waals surface area (Å²) in [6.45, 7) is 2.43. The molecule has 0 unspecified atom stereocenters. The Hall–Kier alpha value is -2.50. The van der Waals surface area contributed by atoms with Gasteiger partial charge in [-0.3, -0.25) is 4.79 Å². The lowest BCUT2D eigenvalue weighted by atomic mass is 10.2. The van der Waals surface area contributed by atoms with Gasteiger partial charge in [0, 0.05) is 19.3 Å². The van der Waals surface area contributed by atoms with Gasteiger partial charge >= 0.3 is 0 Å². The van der Waals surface area contributed by atoms with Gasteiger partial charge in [0.1, 0.15) is 5.75 Å². The molecule has 100 valence electrons. The van der Waals surface area contributed by atoms with Crippen LogP contribution in [0.3, 0.4) is 0 Å². The quantitative estimate of drug-likeness (QED) is 0.810. The highest BCUT2D eigenvalue weighted by Gasteiger charge is 2.09. The van der Waals surface area contributed by atoms with E-state index < -0.39 is 0 Å². The molecule has 2 aromatic rings. The van der Waals surface area contributed by atoms with Crippen molar-refractivity contribution in [2.75, 3.05) is 19.4 Å². The van der Waals surface area contributed by atoms with Crippen molar-refractivity contribution in [3.8, 4) is 11.4 Å². The molecule has 0 spiro atoms. The smallest absolute Gasteiger partial charge is 0.271 e. The third-order valence-electron chi connectivity index (χ3n) is 2.61. The first-order valence-electron chi connectivity index (χ1n) is 5.96. The predicted octanol–water partition coefficient (Wildman–Crippen LogP) is 1.21. The first-order chi connectivity index (χ1) is 9.15. The molecule has 1 aromatic heterocycles. The standard InChI is InChI=1S/C13H16N4O2/c1-3-19-12-8-9(4-5-10(12)14)17-7-6-11(16-17)13(18)15-2/h4-8H,3,14H2,1-2H3,(H,15,18). The third-order valence-corrected chi connectivity index (χ3v) is 2.61. The van der Waals surface area contributed by atoms with E-state index in [0.29, 0.717) is 23.7 Å². The fraction of sp³-hybridized carbons (Fsp3) is 0.231. The highest BCUT2D eigenvalue weighted by molar-refractivity contribution is 5.91. The van der Waals surface area contributed by atoms with Crippen molar-refractivity contribution in [1.29, 1.82) is 0 Å². The number of carbonyl (C=O) groups is 1. The molecule has 3 N–H and O–H groups in total. The Kier molecular flexibility index (Phi) is 3.70. The van der Waals surface area contributed by atoms with Gasteiger partial charge in [-0.25, -0.2) is 4.68 Å². The van der Waals surface area contributed by atoms with Crippen LogP contribution in [0, 0.1) is 0 Å². The van der Waals surface area contributed by atoms with Crippen LogP contribution in [-0.4, -0.2) is 29.3 Å². The topological polar surface area (TPSA) is 82.2 Å². The monoisotopic (exact) mass is 260 g/mol. The number of aromatic nitrogens is 2. The fourth-order valence-corrected chi connectivity index (χ4v) is 1.66. The molecule has 0 saturated carbocycles. The molecular formula is C13H16N4O2. The molecule has 1 heterocycles. The van der Waals surface area contributed by atoms with Crippen LogP contribution in [0.5, 0.6) is 5.75 Å². The average Bonchev–Trinajstić information content (AvgIpc) is 2.90. The Morgan fingerprint density at radius 3 is 2.95 bits per heavy atom. The van der Waals surface area contributed by atoms with Gasteiger partial charge in [0.05, 0.1) is 18.0 Å². The highest BCUT2D eigenvalue weighted by atomic mass is 16.5. The maximum absolute atomic E-state index is 11.4. The maximum atomic E-state index is 11.4. The molecule has 6 heteroatoms. The summed E-state index contributed by atoms with van der Waals surface area (Å²) in [5, 5.41) is 6.72. The minimum Gasteiger partial charge on any atom is -0.492 e. The number of ether oxygens (including phenoxy) is 1. The van der Waals surface area contributed by atoms with Crippen molar-refractivity contribution >= 4 is 11.6 Å². The number of nitrogens with one attached hydrogen (secondary N) is 1. The number of amides is 1. The summed E-state index contributed by atoms with van der Waals surface area (Å²) in [6.07, 6.45) is 1.71. The maximum Gasteiger partial charge on any atom is 0.271 e. The SMILES string of the molecule is CCOc1cc(-n2ccc(C(=O)NC)n2)ccc1N. The Labute approximate surface area is 111 Å². The Balaban J connectivity index is 2.33. The number of hydrogen-bond acceptors (Lipinski definition) is 4. The van der Waals surface area contributed by atoms with Gasteiger partial charge in [-0.15, -0.1) is 0 Å². The van der Waals surface area contributed by atoms with Gasteiger partial charge in [-0.05, 0) is 25.1 Å². The Morgan fingerprint density at radius 1 is 1.47 bits per heavy atom. The zero-order chi connectivity index (χ0) is 13.8. The summed E-state index contributed by atoms with van der Waals surface area (Å²) < 4.78 is 7.03. The van der Waals surface area contributed by atoms with Crippen LogP contribution in [0.1, 0.15) is 17.4 Å². The second-order valence-corrected chi connectivity index (χ2v) is 3.88. The molecule has 0 aliphatic heterocycles. The minimum atomic E-state index is -0.223. The molecular weight excluding hydrogens is 244 g/mol. The first-order valence-corrected chi connectivity index (χ1v) is 5.96. The number of benzene rings is 1. The molecule has 0 bridgehead atoms. The average molecular weight is 260 g/mol. The summed E-state index contributed by atoms with van der Waals surface area (Å²) in [4.78, 5) is 11.4. The van der Waals surface area contributed by atoms with Crippen molar-refractivity contribution < 1.29 is 9.53 Å². The van der Waals surface area contributed by atoms with E-state index in [1.54, 1.807) is 36.1 Å². The van der Waals surface area contributed by atoms with E-state index in [1.165, 1.54) is 0 Å². The molecule has 0 aliphatic rings. The van der Waals surface area contributed by atoms with E-state index in [1.807, 2.05) is 13.0 Å². The Morgan fingerprint density at radius 2 is 2.26 bits per heavy atom. The lowest BCUT2D eigenvalue weighted by Crippen LogP contribution is -2.18. The second kappa shape index (κ2) is 5.43. The van der Waals surface area contributed by atoms with Crippen molar-refractivity contribution in [1.82, 2.24) is 15.1 Å². The molecule has 0 aliphatic carbocycles. The zero-order valence-corrected chi connectivity index (χ0v) is 10.9. The van der Waals surface area contributed by atoms with Crippen LogP contribution in [0.25, 0.3) is 5.69 Å². The number of rotatable bonds is 4. The van der Waals surface area contributed by atoms with Crippen LogP contribution >= 0.6 is 0 Å². The number of hydrogen-bond donors (Lipinski definition) is 2. The van der Waals surface area contributed by atoms with E-state index in [2.05, 4.69) is 10.4 Å². The lowest BCUT2D eigenvalue weighted by Gasteiger charge is -2.09. The van der Waals surface area contributed by atoms with Crippen molar-refractivity contribution in [3.05, 3.63) is 36.2 Å². The van der Waals surface area contributed by atoms with Gasteiger partial charge in [-0.1, -0.05) is 0 Å². The number of nitrogens with zero attached hydrogens (tertiary/aromatic N) is 2. The molecule has 1 amide bonds. The summed E-state index contributed by atoms with van der Waals surface area (Å²) in [6, 6.07) is 7.01. The van der Waals surface area contributed by atoms with E-state index in [9.17, 15) is 4.79 Å². The molecule has 0 radical (unpaired) electrons. The summed E-state index contributed by atoms with van der Waals surface area (Å²) in [5.74, 6) is 0.385. The molecule has 0 fully saturated rings. The molecule has 6 nitrogen and oxygen atoms in total. The molecule has 0 atom stereocenters. The minimum absolute atomic E-state index is 0.223. The second-order valence-electron chi connectivity index (χ2n) is 3.88. The highest BCUT2D eigenvalue weighted by Crippen LogP contribution is 2.24. The van der Waals surface area contributed by atoms with Crippen molar-refractivity contribution in [2.24, 2.45) is 0 Å². The normalized spacial score (nSPS) is 10.2. The molecule has 19 heavy (non-hydrogen) atoms. The molecule has 0 saturated heterocycles. The van der Waals surface area contributed by atoms with Crippen LogP contribution in [0.15, 0.2) is 30.5 Å². The van der Waals surface area contributed by atoms with Gasteiger partial charge in [0.25, 0.3) is 5.91 Å². The summed E-state index contributed by atoms with van der Waals surface area (Å²) in [7, 11) is 1.57. The van der Waals surface area contributed by atoms with E-state index in [0.717, 1.165) is 5.69 Å². The number of nitrogens with two attached hydrogens (primary N) is 1. The fourth-order valence-electron chi connectivity index (χ4n) is 1.66. The summed E-state index contributed by atoms with van der Waals surface area (Å²) >= 11 is 0. The van der Waals surface area contributed by atoms with E-state index in [4.69, 9.17) is 10.5 Å². The van der Waals surface area contributed by atoms with Gasteiger partial charge in [-0.2, -0.15) is 5.10 Å². The van der Waals surface area contributed by atoms with Crippen LogP contribution in [0.2, 0.25) is 0 Å². The number of anilines is 1. The molecule has 1 aromatic carbocycles. The van der Waals surface area contributed by atoms with Crippen LogP contribution in [0.4, 0.5) is 5.69 Å². The third kappa shape index (κ3) is 2.67. The first kappa shape index (κ1) is 12.9. The van der Waals surface area contributed by atoms with Crippen molar-refractivity contribution in [3.63, 3.8) is 0 Å². The van der Waals surface area contributed by atoms with Gasteiger partial charge in [0.2, 0.25) is 0 Å². The number of nitrogen functional groups attached to an aromatic ring is 1. The van der Waals surface area contributed by atoms with Crippen molar-refractivity contribution in [2.45, 2.75) is 6.92 Å². The van der Waals surface area contributed by atoms with E-state index >= 15 is 0 Å². The lowest BCUT2D eigenvalue weighted by molar-refractivity contribution is 0.0957. The van der Waals surface area contributed by atoms with Crippen LogP contribution < -0.4 is 15.8 Å². The van der Waals surface area contributed by atoms with Crippen LogP contribution in [-0.2, 0) is 0 Å².